The molecule has 0 spiro atoms. The molecule has 1 atom stereocenters. The first kappa shape index (κ1) is 8.71. The van der Waals surface area contributed by atoms with Crippen molar-refractivity contribution in [2.75, 3.05) is 0 Å². The Morgan fingerprint density at radius 3 is 2.91 bits per heavy atom. The van der Waals surface area contributed by atoms with Crippen LogP contribution in [-0.4, -0.2) is 8.76 Å². The van der Waals surface area contributed by atoms with Crippen LogP contribution in [0.3, 0.4) is 0 Å². The third-order valence-electron chi connectivity index (χ3n) is 1.23. The van der Waals surface area contributed by atoms with Crippen LogP contribution in [0.25, 0.3) is 0 Å². The van der Waals surface area contributed by atoms with Crippen LogP contribution >= 0.6 is 11.6 Å². The highest BCUT2D eigenvalue weighted by Gasteiger charge is 2.01. The van der Waals surface area contributed by atoms with Crippen molar-refractivity contribution in [2.24, 2.45) is 0 Å². The first-order valence-corrected chi connectivity index (χ1v) is 4.52. The maximum Gasteiger partial charge on any atom is 0.186 e. The fraction of sp³-hybridized carbons (Fsp3) is 0.143. The first-order chi connectivity index (χ1) is 5.20. The molecule has 0 aromatic heterocycles. The highest BCUT2D eigenvalue weighted by Crippen LogP contribution is 2.15. The van der Waals surface area contributed by atoms with Gasteiger partial charge in [0.05, 0.1) is 4.91 Å². The average molecular weight is 191 g/mol. The molecule has 1 unspecified atom stereocenters. The maximum absolute atomic E-state index is 10.5. The number of rotatable bonds is 1. The van der Waals surface area contributed by atoms with Crippen molar-refractivity contribution in [1.82, 2.24) is 0 Å². The van der Waals surface area contributed by atoms with Gasteiger partial charge in [0.25, 0.3) is 0 Å². The zero-order chi connectivity index (χ0) is 8.27. The van der Waals surface area contributed by atoms with E-state index in [1.807, 2.05) is 0 Å². The summed E-state index contributed by atoms with van der Waals surface area (Å²) >= 11 is 3.77. The molecule has 0 aromatic carbocycles. The molecule has 0 heterocycles. The molecule has 0 bridgehead atoms. The van der Waals surface area contributed by atoms with E-state index >= 15 is 0 Å². The van der Waals surface area contributed by atoms with E-state index in [9.17, 15) is 4.21 Å². The molecule has 0 aliphatic heterocycles. The molecule has 0 radical (unpaired) electrons. The second-order valence-electron chi connectivity index (χ2n) is 2.04. The lowest BCUT2D eigenvalue weighted by molar-refractivity contribution is 0.572. The van der Waals surface area contributed by atoms with Gasteiger partial charge in [0.1, 0.15) is 0 Å². The van der Waals surface area contributed by atoms with Crippen molar-refractivity contribution in [1.29, 1.82) is 0 Å². The van der Waals surface area contributed by atoms with E-state index in [4.69, 9.17) is 16.2 Å². The van der Waals surface area contributed by atoms with Gasteiger partial charge in [-0.05, 0) is 18.2 Å². The SMILES string of the molecule is O=S(O)C1=CC=C(Cl)CC=C1. The van der Waals surface area contributed by atoms with E-state index in [1.54, 1.807) is 24.3 Å². The molecule has 1 rings (SSSR count). The predicted octanol–water partition coefficient (Wildman–Crippen LogP) is 2.17. The quantitative estimate of drug-likeness (QED) is 0.644. The largest absolute Gasteiger partial charge is 0.302 e. The molecule has 0 aromatic rings. The van der Waals surface area contributed by atoms with Crippen molar-refractivity contribution in [2.45, 2.75) is 6.42 Å². The van der Waals surface area contributed by atoms with Gasteiger partial charge in [-0.25, -0.2) is 4.21 Å². The Morgan fingerprint density at radius 2 is 2.27 bits per heavy atom. The zero-order valence-electron chi connectivity index (χ0n) is 5.66. The molecule has 1 aliphatic rings. The third kappa shape index (κ3) is 2.61. The molecule has 0 saturated heterocycles. The third-order valence-corrected chi connectivity index (χ3v) is 2.18. The average Bonchev–Trinajstić information content (AvgIpc) is 2.13. The van der Waals surface area contributed by atoms with E-state index in [1.165, 1.54) is 0 Å². The minimum Gasteiger partial charge on any atom is -0.302 e. The van der Waals surface area contributed by atoms with Gasteiger partial charge in [0.2, 0.25) is 0 Å². The Bertz CT molecular complexity index is 266. The van der Waals surface area contributed by atoms with Crippen molar-refractivity contribution in [3.63, 3.8) is 0 Å². The molecule has 60 valence electrons. The number of hydrogen-bond donors (Lipinski definition) is 1. The summed E-state index contributed by atoms with van der Waals surface area (Å²) in [5.74, 6) is 0. The molecular weight excluding hydrogens is 184 g/mol. The molecule has 0 saturated carbocycles. The highest BCUT2D eigenvalue weighted by molar-refractivity contribution is 7.83. The molecule has 4 heteroatoms. The van der Waals surface area contributed by atoms with E-state index in [2.05, 4.69) is 0 Å². The number of hydrogen-bond acceptors (Lipinski definition) is 1. The monoisotopic (exact) mass is 190 g/mol. The summed E-state index contributed by atoms with van der Waals surface area (Å²) in [7, 11) is 0. The number of halogens is 1. The molecule has 2 nitrogen and oxygen atoms in total. The topological polar surface area (TPSA) is 37.3 Å². The normalized spacial score (nSPS) is 20.2. The van der Waals surface area contributed by atoms with E-state index in [0.717, 1.165) is 0 Å². The smallest absolute Gasteiger partial charge is 0.186 e. The van der Waals surface area contributed by atoms with Crippen molar-refractivity contribution in [3.8, 4) is 0 Å². The van der Waals surface area contributed by atoms with Crippen LogP contribution in [0.15, 0.2) is 34.2 Å². The van der Waals surface area contributed by atoms with Gasteiger partial charge in [0.15, 0.2) is 11.1 Å². The summed E-state index contributed by atoms with van der Waals surface area (Å²) in [6.45, 7) is 0. The van der Waals surface area contributed by atoms with E-state index in [-0.39, 0.29) is 0 Å². The van der Waals surface area contributed by atoms with Crippen LogP contribution in [-0.2, 0) is 11.1 Å². The van der Waals surface area contributed by atoms with Crippen LogP contribution in [0.1, 0.15) is 6.42 Å². The molecule has 0 fully saturated rings. The Labute approximate surface area is 72.5 Å². The number of allylic oxidation sites excluding steroid dienone is 5. The second kappa shape index (κ2) is 3.85. The Kier molecular flexibility index (Phi) is 3.05. The van der Waals surface area contributed by atoms with Gasteiger partial charge in [-0.2, -0.15) is 0 Å². The molecule has 1 N–H and O–H groups in total. The molecule has 0 amide bonds. The fourth-order valence-electron chi connectivity index (χ4n) is 0.700. The van der Waals surface area contributed by atoms with Crippen LogP contribution in [0.5, 0.6) is 0 Å². The van der Waals surface area contributed by atoms with Crippen molar-refractivity contribution >= 4 is 22.7 Å². The summed E-state index contributed by atoms with van der Waals surface area (Å²) in [5, 5.41) is 0.668. The minimum atomic E-state index is -1.91. The summed E-state index contributed by atoms with van der Waals surface area (Å²) in [5.41, 5.74) is 0. The van der Waals surface area contributed by atoms with Gasteiger partial charge in [0, 0.05) is 11.5 Å². The van der Waals surface area contributed by atoms with Gasteiger partial charge in [-0.3, -0.25) is 0 Å². The van der Waals surface area contributed by atoms with E-state index < -0.39 is 11.1 Å². The van der Waals surface area contributed by atoms with Gasteiger partial charge in [-0.15, -0.1) is 0 Å². The maximum atomic E-state index is 10.5. The van der Waals surface area contributed by atoms with Crippen LogP contribution in [0, 0.1) is 0 Å². The summed E-state index contributed by atoms with van der Waals surface area (Å²) in [6, 6.07) is 0. The first-order valence-electron chi connectivity index (χ1n) is 3.04. The standard InChI is InChI=1S/C7H7ClO2S/c8-6-2-1-3-7(5-4-6)11(9)10/h1,3-5H,2H2,(H,9,10). The van der Waals surface area contributed by atoms with E-state index in [0.29, 0.717) is 16.4 Å². The molecule has 1 aliphatic carbocycles. The Hall–Kier alpha value is -0.380. The predicted molar refractivity (Wildman–Crippen MR) is 46.5 cm³/mol. The van der Waals surface area contributed by atoms with Crippen LogP contribution in [0.2, 0.25) is 0 Å². The minimum absolute atomic E-state index is 0.376. The zero-order valence-corrected chi connectivity index (χ0v) is 7.23. The molecular formula is C7H7ClO2S. The van der Waals surface area contributed by atoms with Crippen LogP contribution < -0.4 is 0 Å². The van der Waals surface area contributed by atoms with Crippen molar-refractivity contribution < 1.29 is 8.76 Å². The Balaban J connectivity index is 2.89. The summed E-state index contributed by atoms with van der Waals surface area (Å²) < 4.78 is 19.2. The lowest BCUT2D eigenvalue weighted by Gasteiger charge is -1.89. The van der Waals surface area contributed by atoms with Gasteiger partial charge >= 0.3 is 0 Å². The van der Waals surface area contributed by atoms with Gasteiger partial charge < -0.3 is 4.55 Å². The Morgan fingerprint density at radius 1 is 1.55 bits per heavy atom. The lowest BCUT2D eigenvalue weighted by Crippen LogP contribution is -1.87. The fourth-order valence-corrected chi connectivity index (χ4v) is 1.25. The summed E-state index contributed by atoms with van der Waals surface area (Å²) in [6.07, 6.45) is 7.15. The lowest BCUT2D eigenvalue weighted by atomic mass is 10.4. The molecule has 11 heavy (non-hydrogen) atoms. The van der Waals surface area contributed by atoms with Crippen LogP contribution in [0.4, 0.5) is 0 Å². The van der Waals surface area contributed by atoms with Crippen molar-refractivity contribution in [3.05, 3.63) is 34.2 Å². The summed E-state index contributed by atoms with van der Waals surface area (Å²) in [4.78, 5) is 0.376. The second-order valence-corrected chi connectivity index (χ2v) is 3.49. The highest BCUT2D eigenvalue weighted by atomic mass is 35.5. The van der Waals surface area contributed by atoms with Gasteiger partial charge in [-0.1, -0.05) is 17.7 Å².